The fraction of sp³-hybridized carbons (Fsp3) is 0.357. The van der Waals surface area contributed by atoms with Crippen LogP contribution in [0.2, 0.25) is 0 Å². The normalized spacial score (nSPS) is 23.8. The molecule has 2 unspecified atom stereocenters. The van der Waals surface area contributed by atoms with E-state index < -0.39 is 31.0 Å². The van der Waals surface area contributed by atoms with E-state index in [2.05, 4.69) is 10.3 Å². The highest BCUT2D eigenvalue weighted by Gasteiger charge is 2.45. The van der Waals surface area contributed by atoms with Gasteiger partial charge in [-0.05, 0) is 23.1 Å². The van der Waals surface area contributed by atoms with E-state index in [0.717, 1.165) is 16.9 Å². The quantitative estimate of drug-likeness (QED) is 0.837. The molecule has 2 atom stereocenters. The summed E-state index contributed by atoms with van der Waals surface area (Å²) in [4.78, 5) is 3.99. The molecule has 23 heavy (non-hydrogen) atoms. The summed E-state index contributed by atoms with van der Waals surface area (Å²) >= 11 is 1.11. The Bertz CT molecular complexity index is 862. The van der Waals surface area contributed by atoms with Crippen molar-refractivity contribution in [2.45, 2.75) is 22.0 Å². The van der Waals surface area contributed by atoms with Gasteiger partial charge >= 0.3 is 0 Å². The van der Waals surface area contributed by atoms with Crippen LogP contribution in [-0.2, 0) is 26.2 Å². The van der Waals surface area contributed by atoms with Gasteiger partial charge < -0.3 is 5.32 Å². The molecule has 0 radical (unpaired) electrons. The zero-order valence-electron chi connectivity index (χ0n) is 12.1. The van der Waals surface area contributed by atoms with E-state index in [-0.39, 0.29) is 15.7 Å². The van der Waals surface area contributed by atoms with Crippen molar-refractivity contribution in [1.82, 2.24) is 10.3 Å². The van der Waals surface area contributed by atoms with Crippen LogP contribution in [0.25, 0.3) is 0 Å². The number of hydrogen-bond donors (Lipinski definition) is 1. The standard InChI is InChI=1S/C14H16N2O4S3/c17-22(18)9-12(16-8-11-3-1-5-15-7-11)13(10-22)23(19,20)14-4-2-6-21-14/h1-7,12-13,16H,8-10H2. The van der Waals surface area contributed by atoms with E-state index >= 15 is 0 Å². The Morgan fingerprint density at radius 3 is 2.74 bits per heavy atom. The first-order valence-corrected chi connectivity index (χ1v) is 11.2. The highest BCUT2D eigenvalue weighted by Crippen LogP contribution is 2.28. The molecule has 9 heteroatoms. The van der Waals surface area contributed by atoms with Gasteiger partial charge in [-0.1, -0.05) is 12.1 Å². The van der Waals surface area contributed by atoms with Crippen LogP contribution < -0.4 is 5.32 Å². The van der Waals surface area contributed by atoms with Gasteiger partial charge in [0.15, 0.2) is 19.7 Å². The lowest BCUT2D eigenvalue weighted by Crippen LogP contribution is -2.42. The highest BCUT2D eigenvalue weighted by molar-refractivity contribution is 7.97. The Morgan fingerprint density at radius 1 is 1.26 bits per heavy atom. The van der Waals surface area contributed by atoms with Crippen molar-refractivity contribution in [2.75, 3.05) is 11.5 Å². The molecule has 1 fully saturated rings. The molecule has 0 spiro atoms. The minimum Gasteiger partial charge on any atom is -0.308 e. The predicted molar refractivity (Wildman–Crippen MR) is 88.8 cm³/mol. The van der Waals surface area contributed by atoms with Gasteiger partial charge in [0.05, 0.1) is 16.8 Å². The number of nitrogens with zero attached hydrogens (tertiary/aromatic N) is 1. The molecule has 6 nitrogen and oxygen atoms in total. The zero-order chi connectivity index (χ0) is 16.5. The number of nitrogens with one attached hydrogen (secondary N) is 1. The van der Waals surface area contributed by atoms with Gasteiger partial charge in [-0.15, -0.1) is 11.3 Å². The van der Waals surface area contributed by atoms with Crippen LogP contribution in [0.4, 0.5) is 0 Å². The van der Waals surface area contributed by atoms with Crippen molar-refractivity contribution < 1.29 is 16.8 Å². The number of rotatable bonds is 5. The van der Waals surface area contributed by atoms with Crippen LogP contribution in [0.5, 0.6) is 0 Å². The zero-order valence-corrected chi connectivity index (χ0v) is 14.6. The second-order valence-corrected chi connectivity index (χ2v) is 10.9. The molecule has 3 heterocycles. The van der Waals surface area contributed by atoms with E-state index in [1.165, 1.54) is 6.07 Å². The molecule has 3 rings (SSSR count). The third-order valence-electron chi connectivity index (χ3n) is 3.77. The number of thiophene rings is 1. The van der Waals surface area contributed by atoms with Crippen LogP contribution in [0.1, 0.15) is 5.56 Å². The molecule has 0 aromatic carbocycles. The molecule has 0 aliphatic carbocycles. The number of aromatic nitrogens is 1. The lowest BCUT2D eigenvalue weighted by molar-refractivity contribution is 0.527. The second-order valence-electron chi connectivity index (χ2n) is 5.44. The van der Waals surface area contributed by atoms with Gasteiger partial charge in [0.2, 0.25) is 0 Å². The molecular weight excluding hydrogens is 356 g/mol. The summed E-state index contributed by atoms with van der Waals surface area (Å²) in [5.41, 5.74) is 0.879. The SMILES string of the molecule is O=S1(=O)CC(NCc2cccnc2)C(S(=O)(=O)c2cccs2)C1. The second kappa shape index (κ2) is 6.31. The Balaban J connectivity index is 1.83. The predicted octanol–water partition coefficient (Wildman–Crippen LogP) is 0.872. The molecule has 0 amide bonds. The minimum atomic E-state index is -3.66. The first kappa shape index (κ1) is 16.6. The summed E-state index contributed by atoms with van der Waals surface area (Å²) in [7, 11) is -7.03. The topological polar surface area (TPSA) is 93.2 Å². The minimum absolute atomic E-state index is 0.164. The summed E-state index contributed by atoms with van der Waals surface area (Å²) in [6.07, 6.45) is 3.31. The van der Waals surface area contributed by atoms with Gasteiger partial charge in [-0.2, -0.15) is 0 Å². The van der Waals surface area contributed by atoms with E-state index in [1.54, 1.807) is 29.9 Å². The molecule has 2 aromatic rings. The van der Waals surface area contributed by atoms with Crippen LogP contribution in [0, 0.1) is 0 Å². The molecule has 0 saturated carbocycles. The lowest BCUT2D eigenvalue weighted by atomic mass is 10.2. The Kier molecular flexibility index (Phi) is 4.54. The van der Waals surface area contributed by atoms with Crippen molar-refractivity contribution in [2.24, 2.45) is 0 Å². The van der Waals surface area contributed by atoms with Gasteiger partial charge in [0.1, 0.15) is 4.21 Å². The van der Waals surface area contributed by atoms with Gasteiger partial charge in [0.25, 0.3) is 0 Å². The molecule has 2 aromatic heterocycles. The van der Waals surface area contributed by atoms with Crippen molar-refractivity contribution in [1.29, 1.82) is 0 Å². The summed E-state index contributed by atoms with van der Waals surface area (Å²) in [6.45, 7) is 0.379. The summed E-state index contributed by atoms with van der Waals surface area (Å²) in [5.74, 6) is -0.500. The summed E-state index contributed by atoms with van der Waals surface area (Å²) in [6, 6.07) is 6.18. The van der Waals surface area contributed by atoms with E-state index in [0.29, 0.717) is 6.54 Å². The molecule has 1 aliphatic rings. The van der Waals surface area contributed by atoms with Crippen LogP contribution in [0.15, 0.2) is 46.2 Å². The maximum atomic E-state index is 12.7. The molecule has 1 N–H and O–H groups in total. The van der Waals surface area contributed by atoms with E-state index in [1.807, 2.05) is 6.07 Å². The molecule has 124 valence electrons. The van der Waals surface area contributed by atoms with Gasteiger partial charge in [0, 0.05) is 25.0 Å². The maximum absolute atomic E-state index is 12.7. The van der Waals surface area contributed by atoms with Crippen molar-refractivity contribution in [3.63, 3.8) is 0 Å². The molecule has 1 aliphatic heterocycles. The fourth-order valence-electron chi connectivity index (χ4n) is 2.64. The van der Waals surface area contributed by atoms with E-state index in [9.17, 15) is 16.8 Å². The highest BCUT2D eigenvalue weighted by atomic mass is 32.2. The third-order valence-corrected chi connectivity index (χ3v) is 9.35. The molecule has 0 bridgehead atoms. The number of hydrogen-bond acceptors (Lipinski definition) is 7. The monoisotopic (exact) mass is 372 g/mol. The van der Waals surface area contributed by atoms with Crippen molar-refractivity contribution in [3.05, 3.63) is 47.6 Å². The Labute approximate surface area is 139 Å². The largest absolute Gasteiger partial charge is 0.308 e. The third kappa shape index (κ3) is 3.63. The smallest absolute Gasteiger partial charge is 0.193 e. The first-order chi connectivity index (χ1) is 10.9. The maximum Gasteiger partial charge on any atom is 0.193 e. The van der Waals surface area contributed by atoms with Crippen molar-refractivity contribution in [3.8, 4) is 0 Å². The van der Waals surface area contributed by atoms with Gasteiger partial charge in [-0.25, -0.2) is 16.8 Å². The van der Waals surface area contributed by atoms with Crippen LogP contribution >= 0.6 is 11.3 Å². The average molecular weight is 372 g/mol. The number of pyridine rings is 1. The molecular formula is C14H16N2O4S3. The van der Waals surface area contributed by atoms with Gasteiger partial charge in [-0.3, -0.25) is 4.98 Å². The van der Waals surface area contributed by atoms with Crippen LogP contribution in [-0.4, -0.2) is 44.6 Å². The number of sulfone groups is 2. The molecule has 1 saturated heterocycles. The van der Waals surface area contributed by atoms with E-state index in [4.69, 9.17) is 0 Å². The lowest BCUT2D eigenvalue weighted by Gasteiger charge is -2.19. The Hall–Kier alpha value is -1.29. The summed E-state index contributed by atoms with van der Waals surface area (Å²) < 4.78 is 49.5. The summed E-state index contributed by atoms with van der Waals surface area (Å²) in [5, 5.41) is 3.80. The Morgan fingerprint density at radius 2 is 2.09 bits per heavy atom. The van der Waals surface area contributed by atoms with Crippen molar-refractivity contribution >= 4 is 31.0 Å². The average Bonchev–Trinajstić information content (AvgIpc) is 3.14. The van der Waals surface area contributed by atoms with Crippen LogP contribution in [0.3, 0.4) is 0 Å². The first-order valence-electron chi connectivity index (χ1n) is 6.99. The fourth-order valence-corrected chi connectivity index (χ4v) is 8.58.